The molecule has 0 aliphatic rings. The Hall–Kier alpha value is -0.860. The number of rotatable bonds is 12. The van der Waals surface area contributed by atoms with Gasteiger partial charge in [-0.05, 0) is 34.6 Å². The first kappa shape index (κ1) is 24.1. The average molecular weight is 378 g/mol. The molecular formula is C17H39N5O2S. The molecule has 0 bridgehead atoms. The summed E-state index contributed by atoms with van der Waals surface area (Å²) < 4.78 is 25.9. The molecule has 7 nitrogen and oxygen atoms in total. The molecule has 0 aliphatic heterocycles. The Labute approximate surface area is 155 Å². The van der Waals surface area contributed by atoms with Crippen molar-refractivity contribution in [2.45, 2.75) is 60.5 Å². The van der Waals surface area contributed by atoms with Gasteiger partial charge in [0.1, 0.15) is 0 Å². The number of sulfonamides is 1. The normalized spacial score (nSPS) is 13.3. The molecule has 150 valence electrons. The lowest BCUT2D eigenvalue weighted by Gasteiger charge is -2.29. The van der Waals surface area contributed by atoms with Crippen LogP contribution in [0.25, 0.3) is 0 Å². The Balaban J connectivity index is 4.60. The number of nitrogens with one attached hydrogen (secondary N) is 2. The van der Waals surface area contributed by atoms with E-state index in [2.05, 4.69) is 48.2 Å². The Bertz CT molecular complexity index is 465. The van der Waals surface area contributed by atoms with Crippen LogP contribution in [0.4, 0.5) is 0 Å². The van der Waals surface area contributed by atoms with E-state index in [-0.39, 0.29) is 5.75 Å². The van der Waals surface area contributed by atoms with Crippen molar-refractivity contribution in [3.05, 3.63) is 0 Å². The zero-order valence-corrected chi connectivity index (χ0v) is 18.0. The van der Waals surface area contributed by atoms with E-state index in [0.29, 0.717) is 44.2 Å². The van der Waals surface area contributed by atoms with E-state index in [9.17, 15) is 8.42 Å². The number of guanidine groups is 1. The molecule has 2 N–H and O–H groups in total. The van der Waals surface area contributed by atoms with Crippen LogP contribution in [0.15, 0.2) is 4.99 Å². The summed E-state index contributed by atoms with van der Waals surface area (Å²) in [5.41, 5.74) is 0. The summed E-state index contributed by atoms with van der Waals surface area (Å²) in [6.07, 6.45) is 0. The van der Waals surface area contributed by atoms with Crippen molar-refractivity contribution in [2.75, 3.05) is 45.0 Å². The second kappa shape index (κ2) is 12.5. The average Bonchev–Trinajstić information content (AvgIpc) is 2.51. The van der Waals surface area contributed by atoms with Gasteiger partial charge in [-0.3, -0.25) is 9.89 Å². The van der Waals surface area contributed by atoms with Crippen LogP contribution < -0.4 is 10.6 Å². The lowest BCUT2D eigenvalue weighted by atomic mass is 10.2. The Kier molecular flexibility index (Phi) is 12.1. The molecule has 25 heavy (non-hydrogen) atoms. The van der Waals surface area contributed by atoms with Gasteiger partial charge in [0.2, 0.25) is 10.0 Å². The maximum Gasteiger partial charge on any atom is 0.215 e. The van der Waals surface area contributed by atoms with Crippen molar-refractivity contribution in [1.29, 1.82) is 0 Å². The fourth-order valence-electron chi connectivity index (χ4n) is 2.78. The van der Waals surface area contributed by atoms with Crippen molar-refractivity contribution in [1.82, 2.24) is 19.8 Å². The zero-order valence-electron chi connectivity index (χ0n) is 17.2. The van der Waals surface area contributed by atoms with Crippen LogP contribution in [-0.2, 0) is 10.0 Å². The van der Waals surface area contributed by atoms with Crippen LogP contribution in [0.1, 0.15) is 48.5 Å². The molecule has 0 rings (SSSR count). The van der Waals surface area contributed by atoms with E-state index in [1.165, 1.54) is 4.31 Å². The van der Waals surface area contributed by atoms with Crippen molar-refractivity contribution >= 4 is 16.0 Å². The van der Waals surface area contributed by atoms with E-state index >= 15 is 0 Å². The molecule has 0 saturated heterocycles. The molecule has 0 aromatic carbocycles. The highest BCUT2D eigenvalue weighted by atomic mass is 32.2. The molecule has 0 unspecified atom stereocenters. The van der Waals surface area contributed by atoms with E-state index < -0.39 is 10.0 Å². The molecule has 0 fully saturated rings. The van der Waals surface area contributed by atoms with Gasteiger partial charge in [-0.2, -0.15) is 0 Å². The summed E-state index contributed by atoms with van der Waals surface area (Å²) in [4.78, 5) is 6.95. The maximum absolute atomic E-state index is 12.2. The first-order valence-corrected chi connectivity index (χ1v) is 11.1. The van der Waals surface area contributed by atoms with Gasteiger partial charge in [-0.25, -0.2) is 12.7 Å². The Morgan fingerprint density at radius 1 is 1.00 bits per heavy atom. The van der Waals surface area contributed by atoms with Gasteiger partial charge in [0, 0.05) is 44.8 Å². The van der Waals surface area contributed by atoms with E-state index in [1.807, 2.05) is 20.8 Å². The van der Waals surface area contributed by atoms with Crippen LogP contribution in [-0.4, -0.2) is 80.7 Å². The van der Waals surface area contributed by atoms with E-state index in [4.69, 9.17) is 0 Å². The molecule has 0 spiro atoms. The molecule has 0 atom stereocenters. The summed E-state index contributed by atoms with van der Waals surface area (Å²) in [5, 5.41) is 6.30. The number of hydrogen-bond donors (Lipinski definition) is 2. The standard InChI is InChI=1S/C17H39N5O2S/c1-8-18-17(19-11-13-22(15(4)5)16(6)7)20-12-14-25(23,24)21(9-2)10-3/h15-16H,8-14H2,1-7H3,(H2,18,19,20). The largest absolute Gasteiger partial charge is 0.357 e. The number of aliphatic imine (C=N–C) groups is 1. The Morgan fingerprint density at radius 2 is 1.56 bits per heavy atom. The van der Waals surface area contributed by atoms with E-state index in [1.54, 1.807) is 0 Å². The van der Waals surface area contributed by atoms with Gasteiger partial charge in [0.25, 0.3) is 0 Å². The molecule has 0 saturated carbocycles. The first-order chi connectivity index (χ1) is 11.7. The minimum atomic E-state index is -3.21. The SMILES string of the molecule is CCNC(=NCCN(C(C)C)C(C)C)NCCS(=O)(=O)N(CC)CC. The summed E-state index contributed by atoms with van der Waals surface area (Å²) >= 11 is 0. The predicted molar refractivity (Wildman–Crippen MR) is 108 cm³/mol. The minimum absolute atomic E-state index is 0.0726. The minimum Gasteiger partial charge on any atom is -0.357 e. The van der Waals surface area contributed by atoms with Gasteiger partial charge in [-0.15, -0.1) is 0 Å². The van der Waals surface area contributed by atoms with Crippen molar-refractivity contribution < 1.29 is 8.42 Å². The van der Waals surface area contributed by atoms with Crippen molar-refractivity contribution in [3.63, 3.8) is 0 Å². The topological polar surface area (TPSA) is 77.0 Å². The summed E-state index contributed by atoms with van der Waals surface area (Å²) in [7, 11) is -3.21. The number of hydrogen-bond acceptors (Lipinski definition) is 4. The second-order valence-corrected chi connectivity index (χ2v) is 8.60. The summed E-state index contributed by atoms with van der Waals surface area (Å²) in [6, 6.07) is 0.954. The fraction of sp³-hybridized carbons (Fsp3) is 0.941. The molecule has 0 aliphatic carbocycles. The smallest absolute Gasteiger partial charge is 0.215 e. The molecule has 0 heterocycles. The van der Waals surface area contributed by atoms with Gasteiger partial charge in [0.15, 0.2) is 5.96 Å². The zero-order chi connectivity index (χ0) is 19.5. The maximum atomic E-state index is 12.2. The quantitative estimate of drug-likeness (QED) is 0.396. The third-order valence-electron chi connectivity index (χ3n) is 4.05. The highest BCUT2D eigenvalue weighted by Gasteiger charge is 2.18. The second-order valence-electron chi connectivity index (χ2n) is 6.51. The van der Waals surface area contributed by atoms with Crippen LogP contribution >= 0.6 is 0 Å². The van der Waals surface area contributed by atoms with Crippen molar-refractivity contribution in [3.8, 4) is 0 Å². The molecule has 8 heteroatoms. The van der Waals surface area contributed by atoms with Crippen LogP contribution in [0, 0.1) is 0 Å². The predicted octanol–water partition coefficient (Wildman–Crippen LogP) is 1.33. The lowest BCUT2D eigenvalue weighted by molar-refractivity contribution is 0.181. The van der Waals surface area contributed by atoms with Gasteiger partial charge in [-0.1, -0.05) is 13.8 Å². The monoisotopic (exact) mass is 377 g/mol. The third-order valence-corrected chi connectivity index (χ3v) is 6.07. The number of nitrogens with zero attached hydrogens (tertiary/aromatic N) is 3. The van der Waals surface area contributed by atoms with Gasteiger partial charge < -0.3 is 10.6 Å². The molecule has 0 radical (unpaired) electrons. The highest BCUT2D eigenvalue weighted by Crippen LogP contribution is 2.04. The third kappa shape index (κ3) is 9.42. The molecule has 0 amide bonds. The summed E-state index contributed by atoms with van der Waals surface area (Å²) in [5.74, 6) is 0.744. The summed E-state index contributed by atoms with van der Waals surface area (Å²) in [6.45, 7) is 18.1. The molecule has 0 aromatic rings. The fourth-order valence-corrected chi connectivity index (χ4v) is 4.18. The first-order valence-electron chi connectivity index (χ1n) is 9.45. The van der Waals surface area contributed by atoms with Gasteiger partial charge >= 0.3 is 0 Å². The Morgan fingerprint density at radius 3 is 2.00 bits per heavy atom. The van der Waals surface area contributed by atoms with Gasteiger partial charge in [0.05, 0.1) is 12.3 Å². The highest BCUT2D eigenvalue weighted by molar-refractivity contribution is 7.89. The van der Waals surface area contributed by atoms with E-state index in [0.717, 1.165) is 13.1 Å². The molecule has 0 aromatic heterocycles. The lowest BCUT2D eigenvalue weighted by Crippen LogP contribution is -2.43. The van der Waals surface area contributed by atoms with Crippen molar-refractivity contribution in [2.24, 2.45) is 4.99 Å². The van der Waals surface area contributed by atoms with Crippen LogP contribution in [0.3, 0.4) is 0 Å². The van der Waals surface area contributed by atoms with Crippen LogP contribution in [0.5, 0.6) is 0 Å². The van der Waals surface area contributed by atoms with Crippen LogP contribution in [0.2, 0.25) is 0 Å². The molecular weight excluding hydrogens is 338 g/mol.